The van der Waals surface area contributed by atoms with Gasteiger partial charge >= 0.3 is 11.9 Å². The number of ether oxygens (including phenoxy) is 2. The zero-order valence-electron chi connectivity index (χ0n) is 17.3. The number of anilines is 2. The number of benzene rings is 2. The van der Waals surface area contributed by atoms with Crippen molar-refractivity contribution >= 4 is 23.3 Å². The van der Waals surface area contributed by atoms with Crippen molar-refractivity contribution in [1.29, 1.82) is 0 Å². The molecule has 1 saturated heterocycles. The quantitative estimate of drug-likeness (QED) is 0.326. The van der Waals surface area contributed by atoms with Crippen molar-refractivity contribution < 1.29 is 19.1 Å². The zero-order valence-corrected chi connectivity index (χ0v) is 17.3. The van der Waals surface area contributed by atoms with Crippen LogP contribution in [0.2, 0.25) is 0 Å². The molecule has 0 spiro atoms. The van der Waals surface area contributed by atoms with Crippen molar-refractivity contribution in [2.75, 3.05) is 50.6 Å². The van der Waals surface area contributed by atoms with E-state index in [9.17, 15) is 9.59 Å². The van der Waals surface area contributed by atoms with Crippen molar-refractivity contribution in [2.45, 2.75) is 6.54 Å². The lowest BCUT2D eigenvalue weighted by Gasteiger charge is -2.36. The topological polar surface area (TPSA) is 71.1 Å². The van der Waals surface area contributed by atoms with Gasteiger partial charge in [0.2, 0.25) is 0 Å². The minimum Gasteiger partial charge on any atom is -0.465 e. The van der Waals surface area contributed by atoms with Gasteiger partial charge in [0.05, 0.1) is 14.2 Å². The highest BCUT2D eigenvalue weighted by Crippen LogP contribution is 2.22. The van der Waals surface area contributed by atoms with Gasteiger partial charge in [-0.05, 0) is 23.8 Å². The van der Waals surface area contributed by atoms with Gasteiger partial charge in [-0.2, -0.15) is 0 Å². The van der Waals surface area contributed by atoms with Crippen LogP contribution in [-0.4, -0.2) is 57.2 Å². The summed E-state index contributed by atoms with van der Waals surface area (Å²) in [5, 5.41) is 3.00. The first-order valence-corrected chi connectivity index (χ1v) is 9.85. The van der Waals surface area contributed by atoms with Gasteiger partial charge in [0.25, 0.3) is 0 Å². The zero-order chi connectivity index (χ0) is 21.3. The first-order chi connectivity index (χ1) is 14.6. The summed E-state index contributed by atoms with van der Waals surface area (Å²) in [4.78, 5) is 28.3. The minimum absolute atomic E-state index is 0.195. The standard InChI is InChI=1S/C23H27N3O4/c1-29-22(27)21(23(28)30-2)16-24-19-9-6-10-20(15-19)26-13-11-25(12-14-26)17-18-7-4-3-5-8-18/h3-10,15-16,24H,11-14,17H2,1-2H3. The molecule has 30 heavy (non-hydrogen) atoms. The van der Waals surface area contributed by atoms with Crippen molar-refractivity contribution in [2.24, 2.45) is 0 Å². The van der Waals surface area contributed by atoms with Gasteiger partial charge in [-0.15, -0.1) is 0 Å². The number of hydrogen-bond donors (Lipinski definition) is 1. The van der Waals surface area contributed by atoms with E-state index in [1.54, 1.807) is 0 Å². The van der Waals surface area contributed by atoms with Crippen LogP contribution in [0.3, 0.4) is 0 Å². The molecule has 3 rings (SSSR count). The van der Waals surface area contributed by atoms with Crippen molar-refractivity contribution in [3.63, 3.8) is 0 Å². The second-order valence-corrected chi connectivity index (χ2v) is 6.98. The Balaban J connectivity index is 1.61. The number of hydrogen-bond acceptors (Lipinski definition) is 7. The van der Waals surface area contributed by atoms with E-state index in [2.05, 4.69) is 54.9 Å². The molecule has 1 aliphatic heterocycles. The molecule has 0 unspecified atom stereocenters. The summed E-state index contributed by atoms with van der Waals surface area (Å²) < 4.78 is 9.27. The predicted octanol–water partition coefficient (Wildman–Crippen LogP) is 2.65. The summed E-state index contributed by atoms with van der Waals surface area (Å²) in [5.41, 5.74) is 2.99. The van der Waals surface area contributed by atoms with Crippen LogP contribution in [-0.2, 0) is 25.6 Å². The van der Waals surface area contributed by atoms with E-state index in [-0.39, 0.29) is 5.57 Å². The fraction of sp³-hybridized carbons (Fsp3) is 0.304. The molecule has 0 saturated carbocycles. The van der Waals surface area contributed by atoms with Crippen LogP contribution in [0.4, 0.5) is 11.4 Å². The maximum absolute atomic E-state index is 11.8. The predicted molar refractivity (Wildman–Crippen MR) is 116 cm³/mol. The highest BCUT2D eigenvalue weighted by Gasteiger charge is 2.20. The van der Waals surface area contributed by atoms with Crippen LogP contribution in [0.15, 0.2) is 66.4 Å². The third-order valence-corrected chi connectivity index (χ3v) is 5.03. The SMILES string of the molecule is COC(=O)C(=CNc1cccc(N2CCN(Cc3ccccc3)CC2)c1)C(=O)OC. The molecule has 0 bridgehead atoms. The molecule has 158 valence electrons. The third-order valence-electron chi connectivity index (χ3n) is 5.03. The van der Waals surface area contributed by atoms with E-state index in [0.29, 0.717) is 0 Å². The van der Waals surface area contributed by atoms with Crippen LogP contribution >= 0.6 is 0 Å². The second kappa shape index (κ2) is 10.5. The van der Waals surface area contributed by atoms with Crippen LogP contribution in [0.25, 0.3) is 0 Å². The molecule has 0 radical (unpaired) electrons. The Labute approximate surface area is 176 Å². The van der Waals surface area contributed by atoms with Gasteiger partial charge in [0.1, 0.15) is 0 Å². The molecule has 2 aromatic rings. The smallest absolute Gasteiger partial charge is 0.346 e. The molecule has 1 aliphatic rings. The molecular formula is C23H27N3O4. The Morgan fingerprint density at radius 3 is 2.23 bits per heavy atom. The Morgan fingerprint density at radius 2 is 1.60 bits per heavy atom. The molecule has 2 aromatic carbocycles. The lowest BCUT2D eigenvalue weighted by Crippen LogP contribution is -2.45. The summed E-state index contributed by atoms with van der Waals surface area (Å²) >= 11 is 0. The van der Waals surface area contributed by atoms with Gasteiger partial charge in [0, 0.05) is 50.3 Å². The normalized spacial score (nSPS) is 14.0. The number of nitrogens with zero attached hydrogens (tertiary/aromatic N) is 2. The highest BCUT2D eigenvalue weighted by molar-refractivity contribution is 6.14. The molecule has 7 nitrogen and oxygen atoms in total. The molecule has 0 aliphatic carbocycles. The third kappa shape index (κ3) is 5.61. The molecular weight excluding hydrogens is 382 g/mol. The Hall–Kier alpha value is -3.32. The number of rotatable bonds is 7. The van der Waals surface area contributed by atoms with Gasteiger partial charge < -0.3 is 19.7 Å². The number of esters is 2. The van der Waals surface area contributed by atoms with Gasteiger partial charge in [-0.1, -0.05) is 36.4 Å². The summed E-state index contributed by atoms with van der Waals surface area (Å²) in [5.74, 6) is -1.50. The van der Waals surface area contributed by atoms with E-state index >= 15 is 0 Å². The Kier molecular flexibility index (Phi) is 7.45. The van der Waals surface area contributed by atoms with Gasteiger partial charge in [0.15, 0.2) is 5.57 Å². The van der Waals surface area contributed by atoms with Crippen molar-refractivity contribution in [1.82, 2.24) is 4.90 Å². The highest BCUT2D eigenvalue weighted by atomic mass is 16.5. The summed E-state index contributed by atoms with van der Waals surface area (Å²) in [7, 11) is 2.44. The van der Waals surface area contributed by atoms with E-state index in [4.69, 9.17) is 0 Å². The van der Waals surface area contributed by atoms with Crippen LogP contribution in [0, 0.1) is 0 Å². The first kappa shape index (κ1) is 21.4. The molecule has 1 N–H and O–H groups in total. The van der Waals surface area contributed by atoms with E-state index < -0.39 is 11.9 Å². The Morgan fingerprint density at radius 1 is 0.933 bits per heavy atom. The van der Waals surface area contributed by atoms with Crippen LogP contribution < -0.4 is 10.2 Å². The van der Waals surface area contributed by atoms with E-state index in [1.165, 1.54) is 26.0 Å². The second-order valence-electron chi connectivity index (χ2n) is 6.98. The molecule has 7 heteroatoms. The number of carbonyl (C=O) groups is 2. The number of nitrogens with one attached hydrogen (secondary N) is 1. The maximum Gasteiger partial charge on any atom is 0.346 e. The number of carbonyl (C=O) groups excluding carboxylic acids is 2. The van der Waals surface area contributed by atoms with Gasteiger partial charge in [-0.3, -0.25) is 4.90 Å². The fourth-order valence-corrected chi connectivity index (χ4v) is 3.37. The lowest BCUT2D eigenvalue weighted by atomic mass is 10.2. The summed E-state index contributed by atoms with van der Waals surface area (Å²) in [6.07, 6.45) is 1.31. The maximum atomic E-state index is 11.8. The number of methoxy groups -OCH3 is 2. The summed E-state index contributed by atoms with van der Waals surface area (Å²) in [6, 6.07) is 18.4. The van der Waals surface area contributed by atoms with Crippen LogP contribution in [0.5, 0.6) is 0 Å². The van der Waals surface area contributed by atoms with Crippen molar-refractivity contribution in [3.8, 4) is 0 Å². The van der Waals surface area contributed by atoms with E-state index in [1.807, 2.05) is 24.3 Å². The lowest BCUT2D eigenvalue weighted by molar-refractivity contribution is -0.144. The fourth-order valence-electron chi connectivity index (χ4n) is 3.37. The average molecular weight is 409 g/mol. The largest absolute Gasteiger partial charge is 0.465 e. The molecule has 0 amide bonds. The van der Waals surface area contributed by atoms with E-state index in [0.717, 1.165) is 44.1 Å². The summed E-state index contributed by atoms with van der Waals surface area (Å²) in [6.45, 7) is 4.80. The van der Waals surface area contributed by atoms with Crippen LogP contribution in [0.1, 0.15) is 5.56 Å². The first-order valence-electron chi connectivity index (χ1n) is 9.85. The Bertz CT molecular complexity index is 872. The van der Waals surface area contributed by atoms with Crippen molar-refractivity contribution in [3.05, 3.63) is 71.9 Å². The molecule has 0 aromatic heterocycles. The average Bonchev–Trinajstić information content (AvgIpc) is 2.80. The number of piperazine rings is 1. The minimum atomic E-state index is -0.750. The molecule has 0 atom stereocenters. The monoisotopic (exact) mass is 409 g/mol. The molecule has 1 fully saturated rings. The van der Waals surface area contributed by atoms with Gasteiger partial charge in [-0.25, -0.2) is 9.59 Å². The molecule has 1 heterocycles.